The first-order valence-corrected chi connectivity index (χ1v) is 2.41. The summed E-state index contributed by atoms with van der Waals surface area (Å²) in [4.78, 5) is 3.59. The van der Waals surface area contributed by atoms with Crippen molar-refractivity contribution in [3.05, 3.63) is 0 Å². The molecule has 0 aromatic rings. The summed E-state index contributed by atoms with van der Waals surface area (Å²) >= 11 is 0. The van der Waals surface area contributed by atoms with Crippen LogP contribution in [-0.2, 0) is 19.6 Å². The van der Waals surface area contributed by atoms with Gasteiger partial charge in [0.15, 0.2) is 0 Å². The topological polar surface area (TPSA) is 47.6 Å². The molecule has 0 amide bonds. The maximum Gasteiger partial charge on any atom is 0.218 e. The van der Waals surface area contributed by atoms with E-state index < -0.39 is 6.29 Å². The molecule has 4 nitrogen and oxygen atoms in total. The summed E-state index contributed by atoms with van der Waals surface area (Å²) in [7, 11) is 0. The van der Waals surface area contributed by atoms with Crippen molar-refractivity contribution in [3.63, 3.8) is 0 Å². The summed E-state index contributed by atoms with van der Waals surface area (Å²) in [6.07, 6.45) is -0.691. The molecule has 1 rings (SSSR count). The molecule has 0 saturated carbocycles. The van der Waals surface area contributed by atoms with E-state index in [1.54, 1.807) is 0 Å². The van der Waals surface area contributed by atoms with Gasteiger partial charge in [-0.15, -0.1) is 0 Å². The fourth-order valence-corrected chi connectivity index (χ4v) is 0.522. The minimum atomic E-state index is -0.691. The van der Waals surface area contributed by atoms with Crippen LogP contribution in [0.2, 0.25) is 0 Å². The number of hydrogen-bond donors (Lipinski definition) is 0. The van der Waals surface area contributed by atoms with Gasteiger partial charge in [0.2, 0.25) is 6.29 Å². The molecule has 4 heteroatoms. The van der Waals surface area contributed by atoms with Crippen LogP contribution in [-0.4, -0.2) is 26.1 Å². The average Bonchev–Trinajstić information content (AvgIpc) is 1.90. The molecular formula is C4H7O4. The highest BCUT2D eigenvalue weighted by molar-refractivity contribution is 4.44. The second-order valence-corrected chi connectivity index (χ2v) is 1.47. The Bertz CT molecular complexity index is 59.1. The maximum absolute atomic E-state index is 9.58. The molecule has 0 aromatic heterocycles. The van der Waals surface area contributed by atoms with Crippen LogP contribution in [0.25, 0.3) is 0 Å². The zero-order chi connectivity index (χ0) is 5.82. The summed E-state index contributed by atoms with van der Waals surface area (Å²) in [6, 6.07) is 0. The van der Waals surface area contributed by atoms with Crippen molar-refractivity contribution < 1.29 is 19.6 Å². The van der Waals surface area contributed by atoms with E-state index in [0.717, 1.165) is 0 Å². The predicted octanol–water partition coefficient (Wildman–Crippen LogP) is -0.279. The minimum Gasteiger partial charge on any atom is -0.374 e. The van der Waals surface area contributed by atoms with Crippen LogP contribution in [0.1, 0.15) is 0 Å². The van der Waals surface area contributed by atoms with Gasteiger partial charge >= 0.3 is 0 Å². The molecule has 1 heterocycles. The van der Waals surface area contributed by atoms with Crippen molar-refractivity contribution in [2.24, 2.45) is 0 Å². The van der Waals surface area contributed by atoms with Gasteiger partial charge in [0.25, 0.3) is 0 Å². The summed E-state index contributed by atoms with van der Waals surface area (Å²) in [5, 5.41) is 9.58. The second-order valence-electron chi connectivity index (χ2n) is 1.47. The van der Waals surface area contributed by atoms with Crippen molar-refractivity contribution in [2.75, 3.05) is 19.8 Å². The number of ether oxygens (including phenoxy) is 2. The zero-order valence-electron chi connectivity index (χ0n) is 4.33. The van der Waals surface area contributed by atoms with Gasteiger partial charge in [0.05, 0.1) is 13.2 Å². The maximum atomic E-state index is 9.58. The fraction of sp³-hybridized carbons (Fsp3) is 1.00. The van der Waals surface area contributed by atoms with Crippen molar-refractivity contribution in [1.29, 1.82) is 0 Å². The van der Waals surface area contributed by atoms with Crippen LogP contribution < -0.4 is 0 Å². The van der Waals surface area contributed by atoms with E-state index in [1.807, 2.05) is 0 Å². The molecule has 0 aliphatic carbocycles. The molecule has 0 aromatic carbocycles. The quantitative estimate of drug-likeness (QED) is 0.352. The Kier molecular flexibility index (Phi) is 2.23. The normalized spacial score (nSPS) is 30.4. The van der Waals surface area contributed by atoms with E-state index in [0.29, 0.717) is 13.2 Å². The van der Waals surface area contributed by atoms with Gasteiger partial charge < -0.3 is 9.47 Å². The lowest BCUT2D eigenvalue weighted by Gasteiger charge is -2.18. The summed E-state index contributed by atoms with van der Waals surface area (Å²) in [6.45, 7) is 1.26. The first kappa shape index (κ1) is 5.97. The SMILES string of the molecule is [O]O[C@H]1COCCO1. The van der Waals surface area contributed by atoms with Crippen LogP contribution >= 0.6 is 0 Å². The Labute approximate surface area is 46.9 Å². The minimum absolute atomic E-state index is 0.253. The smallest absolute Gasteiger partial charge is 0.218 e. The molecule has 1 atom stereocenters. The number of rotatable bonds is 1. The van der Waals surface area contributed by atoms with Crippen LogP contribution in [0, 0.1) is 0 Å². The molecule has 0 bridgehead atoms. The van der Waals surface area contributed by atoms with Crippen LogP contribution in [0.3, 0.4) is 0 Å². The molecule has 1 radical (unpaired) electrons. The molecule has 1 aliphatic rings. The molecule has 47 valence electrons. The van der Waals surface area contributed by atoms with Crippen molar-refractivity contribution >= 4 is 0 Å². The highest BCUT2D eigenvalue weighted by atomic mass is 17.1. The molecular weight excluding hydrogens is 112 g/mol. The molecule has 0 spiro atoms. The van der Waals surface area contributed by atoms with Gasteiger partial charge in [-0.05, 0) is 5.26 Å². The van der Waals surface area contributed by atoms with Crippen molar-refractivity contribution in [2.45, 2.75) is 6.29 Å². The van der Waals surface area contributed by atoms with Crippen LogP contribution in [0.4, 0.5) is 0 Å². The monoisotopic (exact) mass is 119 g/mol. The Morgan fingerprint density at radius 2 is 2.38 bits per heavy atom. The summed E-state index contributed by atoms with van der Waals surface area (Å²) < 4.78 is 9.59. The average molecular weight is 119 g/mol. The highest BCUT2D eigenvalue weighted by Gasteiger charge is 2.13. The fourth-order valence-electron chi connectivity index (χ4n) is 0.522. The van der Waals surface area contributed by atoms with E-state index in [-0.39, 0.29) is 6.61 Å². The third-order valence-electron chi connectivity index (χ3n) is 0.893. The third-order valence-corrected chi connectivity index (χ3v) is 0.893. The molecule has 0 unspecified atom stereocenters. The Morgan fingerprint density at radius 3 is 2.75 bits per heavy atom. The van der Waals surface area contributed by atoms with Crippen LogP contribution in [0.15, 0.2) is 0 Å². The summed E-state index contributed by atoms with van der Waals surface area (Å²) in [5.41, 5.74) is 0. The Morgan fingerprint density at radius 1 is 1.50 bits per heavy atom. The lowest BCUT2D eigenvalue weighted by atomic mass is 10.6. The Hall–Kier alpha value is -0.160. The zero-order valence-corrected chi connectivity index (χ0v) is 4.33. The van der Waals surface area contributed by atoms with Gasteiger partial charge in [-0.25, -0.2) is 0 Å². The van der Waals surface area contributed by atoms with Gasteiger partial charge in [-0.3, -0.25) is 0 Å². The van der Waals surface area contributed by atoms with E-state index in [9.17, 15) is 5.26 Å². The molecule has 0 N–H and O–H groups in total. The third kappa shape index (κ3) is 1.41. The van der Waals surface area contributed by atoms with E-state index >= 15 is 0 Å². The van der Waals surface area contributed by atoms with Crippen molar-refractivity contribution in [1.82, 2.24) is 0 Å². The first-order chi connectivity index (χ1) is 3.93. The molecule has 1 aliphatic heterocycles. The predicted molar refractivity (Wildman–Crippen MR) is 22.3 cm³/mol. The first-order valence-electron chi connectivity index (χ1n) is 2.41. The van der Waals surface area contributed by atoms with Gasteiger partial charge in [0.1, 0.15) is 6.61 Å². The highest BCUT2D eigenvalue weighted by Crippen LogP contribution is 1.99. The van der Waals surface area contributed by atoms with E-state index in [1.165, 1.54) is 0 Å². The van der Waals surface area contributed by atoms with E-state index in [2.05, 4.69) is 4.89 Å². The number of hydrogen-bond acceptors (Lipinski definition) is 3. The lowest BCUT2D eigenvalue weighted by molar-refractivity contribution is -0.406. The molecule has 1 fully saturated rings. The Balaban J connectivity index is 2.13. The van der Waals surface area contributed by atoms with E-state index in [4.69, 9.17) is 9.47 Å². The van der Waals surface area contributed by atoms with Gasteiger partial charge in [0, 0.05) is 0 Å². The molecule has 8 heavy (non-hydrogen) atoms. The van der Waals surface area contributed by atoms with Crippen LogP contribution in [0.5, 0.6) is 0 Å². The largest absolute Gasteiger partial charge is 0.374 e. The standard InChI is InChI=1S/C4H7O4/c5-8-4-3-6-1-2-7-4/h4H,1-3H2/t4-/m0/s1. The van der Waals surface area contributed by atoms with Crippen molar-refractivity contribution in [3.8, 4) is 0 Å². The lowest BCUT2D eigenvalue weighted by Crippen LogP contribution is -2.29. The van der Waals surface area contributed by atoms with Gasteiger partial charge in [-0.1, -0.05) is 0 Å². The molecule has 1 saturated heterocycles. The summed E-state index contributed by atoms with van der Waals surface area (Å²) in [5.74, 6) is 0. The second kappa shape index (κ2) is 2.99. The van der Waals surface area contributed by atoms with Gasteiger partial charge in [-0.2, -0.15) is 4.89 Å².